The molecule has 2 fully saturated rings. The number of aliphatic hydroxyl groups excluding tert-OH is 1. The Labute approximate surface area is 169 Å². The maximum atomic E-state index is 13.2. The molecule has 4 nitrogen and oxygen atoms in total. The zero-order valence-electron chi connectivity index (χ0n) is 18.2. The Morgan fingerprint density at radius 3 is 2.57 bits per heavy atom. The zero-order chi connectivity index (χ0) is 20.7. The molecule has 0 bridgehead atoms. The van der Waals surface area contributed by atoms with Gasteiger partial charge in [0.2, 0.25) is 11.6 Å². The third-order valence-corrected chi connectivity index (χ3v) is 7.97. The lowest BCUT2D eigenvalue weighted by Crippen LogP contribution is -2.50. The summed E-state index contributed by atoms with van der Waals surface area (Å²) in [7, 11) is 0. The van der Waals surface area contributed by atoms with Crippen molar-refractivity contribution >= 4 is 11.6 Å². The fourth-order valence-electron chi connectivity index (χ4n) is 6.02. The van der Waals surface area contributed by atoms with Crippen LogP contribution >= 0.6 is 0 Å². The Hall–Kier alpha value is -1.58. The van der Waals surface area contributed by atoms with Gasteiger partial charge in [0.1, 0.15) is 0 Å². The van der Waals surface area contributed by atoms with Crippen LogP contribution in [0.2, 0.25) is 0 Å². The smallest absolute Gasteiger partial charge is 0.222 e. The maximum absolute atomic E-state index is 13.2. The summed E-state index contributed by atoms with van der Waals surface area (Å²) in [6.07, 6.45) is 9.10. The first-order chi connectivity index (χ1) is 13.1. The van der Waals surface area contributed by atoms with Crippen LogP contribution in [0.15, 0.2) is 23.1 Å². The van der Waals surface area contributed by atoms with Crippen LogP contribution in [0.25, 0.3) is 0 Å². The number of carbonyl (C=O) groups is 2. The normalized spacial score (nSPS) is 36.4. The van der Waals surface area contributed by atoms with E-state index < -0.39 is 5.78 Å². The molecule has 2 N–H and O–H groups in total. The average Bonchev–Trinajstić information content (AvgIpc) is 2.64. The highest BCUT2D eigenvalue weighted by molar-refractivity contribution is 6.21. The average molecular weight is 388 g/mol. The molecule has 3 rings (SSSR count). The summed E-state index contributed by atoms with van der Waals surface area (Å²) >= 11 is 0. The molecular formula is C24H37NO3. The Morgan fingerprint density at radius 1 is 1.18 bits per heavy atom. The molecule has 0 aromatic rings. The van der Waals surface area contributed by atoms with Crippen molar-refractivity contribution in [3.63, 3.8) is 0 Å². The van der Waals surface area contributed by atoms with Crippen molar-refractivity contribution in [3.8, 4) is 0 Å². The SMILES string of the molecule is CC(C)CNC1=CC(=O)C(O)=C(CC2(C)C(C)CCC3(C)CCCCC32)C1=O. The number of hydrogen-bond acceptors (Lipinski definition) is 4. The summed E-state index contributed by atoms with van der Waals surface area (Å²) in [5, 5.41) is 13.7. The van der Waals surface area contributed by atoms with Gasteiger partial charge in [-0.3, -0.25) is 9.59 Å². The van der Waals surface area contributed by atoms with Gasteiger partial charge in [-0.15, -0.1) is 0 Å². The standard InChI is InChI=1S/C24H37NO3/c1-15(2)14-25-18-12-19(26)22(28)17(21(18)27)13-24(5)16(3)9-11-23(4)10-7-6-8-20(23)24/h12,15-16,20,25,28H,6-11,13-14H2,1-5H3. The second kappa shape index (κ2) is 7.68. The van der Waals surface area contributed by atoms with Gasteiger partial charge < -0.3 is 10.4 Å². The quantitative estimate of drug-likeness (QED) is 0.644. The van der Waals surface area contributed by atoms with Crippen molar-refractivity contribution in [2.45, 2.75) is 79.6 Å². The van der Waals surface area contributed by atoms with Crippen molar-refractivity contribution in [1.29, 1.82) is 0 Å². The number of carbonyl (C=O) groups excluding carboxylic acids is 2. The van der Waals surface area contributed by atoms with E-state index in [4.69, 9.17) is 0 Å². The van der Waals surface area contributed by atoms with Gasteiger partial charge in [-0.05, 0) is 60.7 Å². The Bertz CT molecular complexity index is 719. The van der Waals surface area contributed by atoms with E-state index in [-0.39, 0.29) is 17.0 Å². The van der Waals surface area contributed by atoms with Gasteiger partial charge in [0.05, 0.1) is 5.70 Å². The third-order valence-electron chi connectivity index (χ3n) is 7.97. The van der Waals surface area contributed by atoms with Crippen molar-refractivity contribution < 1.29 is 14.7 Å². The fourth-order valence-corrected chi connectivity index (χ4v) is 6.02. The highest BCUT2D eigenvalue weighted by Gasteiger charge is 2.53. The van der Waals surface area contributed by atoms with E-state index in [2.05, 4.69) is 39.9 Å². The van der Waals surface area contributed by atoms with Crippen molar-refractivity contribution in [1.82, 2.24) is 5.32 Å². The van der Waals surface area contributed by atoms with Gasteiger partial charge in [-0.1, -0.05) is 47.5 Å². The molecule has 4 heteroatoms. The number of Topliss-reactive ketones (excluding diaryl/α,β-unsaturated/α-hetero) is 1. The van der Waals surface area contributed by atoms with Crippen LogP contribution in [-0.4, -0.2) is 23.2 Å². The van der Waals surface area contributed by atoms with Gasteiger partial charge in [0.15, 0.2) is 5.76 Å². The van der Waals surface area contributed by atoms with Gasteiger partial charge in [-0.2, -0.15) is 0 Å². The number of hydrogen-bond donors (Lipinski definition) is 2. The predicted octanol–water partition coefficient (Wildman–Crippen LogP) is 5.10. The summed E-state index contributed by atoms with van der Waals surface area (Å²) in [5.41, 5.74) is 0.895. The molecule has 0 radical (unpaired) electrons. The number of rotatable bonds is 5. The summed E-state index contributed by atoms with van der Waals surface area (Å²) in [4.78, 5) is 25.6. The number of ketones is 2. The molecule has 0 heterocycles. The first kappa shape index (κ1) is 21.1. The van der Waals surface area contributed by atoms with Crippen LogP contribution in [0.3, 0.4) is 0 Å². The Kier molecular flexibility index (Phi) is 5.80. The zero-order valence-corrected chi connectivity index (χ0v) is 18.2. The van der Waals surface area contributed by atoms with E-state index >= 15 is 0 Å². The molecule has 0 aromatic heterocycles. The Balaban J connectivity index is 1.90. The predicted molar refractivity (Wildman–Crippen MR) is 112 cm³/mol. The van der Waals surface area contributed by atoms with Gasteiger partial charge in [0.25, 0.3) is 0 Å². The lowest BCUT2D eigenvalue weighted by atomic mass is 9.47. The van der Waals surface area contributed by atoms with E-state index in [0.717, 1.165) is 6.42 Å². The lowest BCUT2D eigenvalue weighted by Gasteiger charge is -2.58. The molecular weight excluding hydrogens is 350 g/mol. The monoisotopic (exact) mass is 387 g/mol. The number of fused-ring (bicyclic) bond motifs is 1. The first-order valence-corrected chi connectivity index (χ1v) is 11.0. The fraction of sp³-hybridized carbons (Fsp3) is 0.750. The summed E-state index contributed by atoms with van der Waals surface area (Å²) in [5.74, 6) is 0.374. The number of aliphatic hydroxyl groups is 1. The van der Waals surface area contributed by atoms with Crippen LogP contribution < -0.4 is 5.32 Å². The van der Waals surface area contributed by atoms with Crippen LogP contribution in [0.4, 0.5) is 0 Å². The molecule has 0 amide bonds. The summed E-state index contributed by atoms with van der Waals surface area (Å²) < 4.78 is 0. The highest BCUT2D eigenvalue weighted by atomic mass is 16.3. The maximum Gasteiger partial charge on any atom is 0.222 e. The minimum atomic E-state index is -0.445. The van der Waals surface area contributed by atoms with Crippen LogP contribution in [0.5, 0.6) is 0 Å². The van der Waals surface area contributed by atoms with E-state index in [1.165, 1.54) is 38.2 Å². The summed E-state index contributed by atoms with van der Waals surface area (Å²) in [6.45, 7) is 11.8. The molecule has 28 heavy (non-hydrogen) atoms. The second-order valence-electron chi connectivity index (χ2n) is 10.4. The third kappa shape index (κ3) is 3.67. The number of nitrogens with one attached hydrogen (secondary N) is 1. The Morgan fingerprint density at radius 2 is 1.89 bits per heavy atom. The van der Waals surface area contributed by atoms with Crippen molar-refractivity contribution in [2.75, 3.05) is 6.54 Å². The van der Waals surface area contributed by atoms with Gasteiger partial charge in [0, 0.05) is 18.2 Å². The van der Waals surface area contributed by atoms with E-state index in [1.54, 1.807) is 0 Å². The van der Waals surface area contributed by atoms with E-state index in [0.29, 0.717) is 47.4 Å². The van der Waals surface area contributed by atoms with Gasteiger partial charge in [-0.25, -0.2) is 0 Å². The molecule has 3 aliphatic carbocycles. The molecule has 0 saturated heterocycles. The molecule has 156 valence electrons. The second-order valence-corrected chi connectivity index (χ2v) is 10.4. The molecule has 2 saturated carbocycles. The van der Waals surface area contributed by atoms with Crippen molar-refractivity contribution in [3.05, 3.63) is 23.1 Å². The first-order valence-electron chi connectivity index (χ1n) is 11.0. The van der Waals surface area contributed by atoms with Gasteiger partial charge >= 0.3 is 0 Å². The topological polar surface area (TPSA) is 66.4 Å². The molecule has 0 spiro atoms. The molecule has 4 unspecified atom stereocenters. The minimum Gasteiger partial charge on any atom is -0.504 e. The van der Waals surface area contributed by atoms with E-state index in [1.807, 2.05) is 0 Å². The molecule has 4 atom stereocenters. The van der Waals surface area contributed by atoms with Crippen LogP contribution in [0.1, 0.15) is 79.6 Å². The summed E-state index contributed by atoms with van der Waals surface area (Å²) in [6, 6.07) is 0. The molecule has 3 aliphatic rings. The van der Waals surface area contributed by atoms with E-state index in [9.17, 15) is 14.7 Å². The lowest BCUT2D eigenvalue weighted by molar-refractivity contribution is -0.119. The number of allylic oxidation sites excluding steroid dienone is 2. The largest absolute Gasteiger partial charge is 0.504 e. The molecule has 0 aromatic carbocycles. The minimum absolute atomic E-state index is 0.0762. The highest BCUT2D eigenvalue weighted by Crippen LogP contribution is 2.61. The van der Waals surface area contributed by atoms with Crippen LogP contribution in [0, 0.1) is 28.6 Å². The van der Waals surface area contributed by atoms with Crippen LogP contribution in [-0.2, 0) is 9.59 Å². The van der Waals surface area contributed by atoms with Crippen molar-refractivity contribution in [2.24, 2.45) is 28.6 Å². The molecule has 0 aliphatic heterocycles.